The molecule has 0 fully saturated rings. The Balaban J connectivity index is 1.63. The van der Waals surface area contributed by atoms with Crippen molar-refractivity contribution >= 4 is 22.9 Å². The second-order valence-electron chi connectivity index (χ2n) is 6.87. The molecule has 0 aliphatic heterocycles. The van der Waals surface area contributed by atoms with Gasteiger partial charge >= 0.3 is 5.97 Å². The highest BCUT2D eigenvalue weighted by Gasteiger charge is 2.15. The number of hydrogen-bond acceptors (Lipinski definition) is 6. The smallest absolute Gasteiger partial charge is 0.326 e. The Bertz CT molecular complexity index is 1060. The van der Waals surface area contributed by atoms with Gasteiger partial charge in [0.2, 0.25) is 5.91 Å². The maximum Gasteiger partial charge on any atom is 0.326 e. The lowest BCUT2D eigenvalue weighted by Crippen LogP contribution is -2.28. The van der Waals surface area contributed by atoms with Gasteiger partial charge in [0.05, 0.1) is 38.3 Å². The predicted octanol–water partition coefficient (Wildman–Crippen LogP) is 2.52. The average Bonchev–Trinajstić information content (AvgIpc) is 3.11. The summed E-state index contributed by atoms with van der Waals surface area (Å²) in [6.07, 6.45) is 0.714. The summed E-state index contributed by atoms with van der Waals surface area (Å²) >= 11 is 0. The van der Waals surface area contributed by atoms with Gasteiger partial charge in [-0.05, 0) is 36.8 Å². The third kappa shape index (κ3) is 5.53. The molecule has 164 valence electrons. The minimum atomic E-state index is -0.315. The number of fused-ring (bicyclic) bond motifs is 1. The lowest BCUT2D eigenvalue weighted by molar-refractivity contribution is -0.143. The molecule has 0 aliphatic rings. The molecule has 0 atom stereocenters. The first kappa shape index (κ1) is 22.1. The quantitative estimate of drug-likeness (QED) is 0.502. The van der Waals surface area contributed by atoms with E-state index < -0.39 is 0 Å². The van der Waals surface area contributed by atoms with Crippen molar-refractivity contribution in [2.24, 2.45) is 0 Å². The van der Waals surface area contributed by atoms with Crippen LogP contribution >= 0.6 is 0 Å². The van der Waals surface area contributed by atoms with Crippen molar-refractivity contribution in [3.8, 4) is 11.5 Å². The van der Waals surface area contributed by atoms with Gasteiger partial charge in [0, 0.05) is 13.0 Å². The van der Waals surface area contributed by atoms with E-state index in [9.17, 15) is 9.59 Å². The van der Waals surface area contributed by atoms with Crippen molar-refractivity contribution in [3.05, 3.63) is 53.9 Å². The van der Waals surface area contributed by atoms with E-state index in [1.54, 1.807) is 33.3 Å². The monoisotopic (exact) mass is 425 g/mol. The molecule has 0 radical (unpaired) electrons. The van der Waals surface area contributed by atoms with Gasteiger partial charge in [-0.3, -0.25) is 9.59 Å². The molecule has 0 spiro atoms. The molecule has 1 heterocycles. The summed E-state index contributed by atoms with van der Waals surface area (Å²) in [7, 11) is 3.13. The zero-order valence-electron chi connectivity index (χ0n) is 18.0. The number of esters is 1. The highest BCUT2D eigenvalue weighted by Crippen LogP contribution is 2.27. The molecular formula is C23H27N3O5. The first-order valence-corrected chi connectivity index (χ1v) is 10.1. The van der Waals surface area contributed by atoms with Gasteiger partial charge in [-0.1, -0.05) is 18.2 Å². The molecule has 0 aliphatic carbocycles. The summed E-state index contributed by atoms with van der Waals surface area (Å²) < 4.78 is 17.4. The van der Waals surface area contributed by atoms with Crippen LogP contribution in [0.3, 0.4) is 0 Å². The summed E-state index contributed by atoms with van der Waals surface area (Å²) in [5.74, 6) is 1.50. The van der Waals surface area contributed by atoms with Crippen LogP contribution < -0.4 is 14.8 Å². The first-order valence-electron chi connectivity index (χ1n) is 10.1. The third-order valence-electron chi connectivity index (χ3n) is 4.81. The van der Waals surface area contributed by atoms with Gasteiger partial charge in [0.1, 0.15) is 12.4 Å². The third-order valence-corrected chi connectivity index (χ3v) is 4.81. The fourth-order valence-electron chi connectivity index (χ4n) is 3.38. The van der Waals surface area contributed by atoms with Crippen molar-refractivity contribution in [1.29, 1.82) is 0 Å². The lowest BCUT2D eigenvalue weighted by Gasteiger charge is -2.11. The molecule has 0 unspecified atom stereocenters. The second kappa shape index (κ2) is 10.5. The number of para-hydroxylation sites is 2. The van der Waals surface area contributed by atoms with E-state index in [4.69, 9.17) is 14.2 Å². The van der Waals surface area contributed by atoms with Crippen molar-refractivity contribution in [1.82, 2.24) is 14.9 Å². The maximum absolute atomic E-state index is 12.4. The van der Waals surface area contributed by atoms with Gasteiger partial charge in [-0.15, -0.1) is 0 Å². The minimum absolute atomic E-state index is 0.0866. The molecule has 1 aromatic heterocycles. The van der Waals surface area contributed by atoms with Crippen LogP contribution in [0.4, 0.5) is 0 Å². The van der Waals surface area contributed by atoms with E-state index in [0.717, 1.165) is 22.4 Å². The van der Waals surface area contributed by atoms with E-state index >= 15 is 0 Å². The number of imidazole rings is 1. The van der Waals surface area contributed by atoms with E-state index in [-0.39, 0.29) is 24.8 Å². The standard InChI is InChI=1S/C23H27N3O5/c1-4-31-23(28)15-26-18-8-6-5-7-17(18)25-21(26)11-12-24-22(27)14-16-9-10-19(29-2)20(13-16)30-3/h5-10,13H,4,11-12,14-15H2,1-3H3,(H,24,27). The molecule has 3 rings (SSSR count). The summed E-state index contributed by atoms with van der Waals surface area (Å²) in [5, 5.41) is 2.92. The Morgan fingerprint density at radius 1 is 1.06 bits per heavy atom. The van der Waals surface area contributed by atoms with Gasteiger partial charge in [0.15, 0.2) is 11.5 Å². The van der Waals surface area contributed by atoms with Crippen LogP contribution in [0.5, 0.6) is 11.5 Å². The Morgan fingerprint density at radius 2 is 1.84 bits per heavy atom. The van der Waals surface area contributed by atoms with Crippen LogP contribution in [0, 0.1) is 0 Å². The molecule has 0 saturated heterocycles. The predicted molar refractivity (Wildman–Crippen MR) is 116 cm³/mol. The summed E-state index contributed by atoms with van der Waals surface area (Å²) in [6.45, 7) is 2.59. The summed E-state index contributed by atoms with van der Waals surface area (Å²) in [4.78, 5) is 29.0. The Labute approximate surface area is 181 Å². The number of benzene rings is 2. The molecule has 8 nitrogen and oxygen atoms in total. The highest BCUT2D eigenvalue weighted by molar-refractivity contribution is 5.80. The largest absolute Gasteiger partial charge is 0.493 e. The summed E-state index contributed by atoms with van der Waals surface area (Å²) in [5.41, 5.74) is 2.49. The van der Waals surface area contributed by atoms with Crippen molar-refractivity contribution in [2.75, 3.05) is 27.4 Å². The second-order valence-corrected chi connectivity index (χ2v) is 6.87. The summed E-state index contributed by atoms with van der Waals surface area (Å²) in [6, 6.07) is 13.0. The van der Waals surface area contributed by atoms with Gasteiger partial charge in [0.25, 0.3) is 0 Å². The lowest BCUT2D eigenvalue weighted by atomic mass is 10.1. The number of carbonyl (C=O) groups excluding carboxylic acids is 2. The molecule has 0 saturated carbocycles. The van der Waals surface area contributed by atoms with E-state index in [2.05, 4.69) is 10.3 Å². The fraction of sp³-hybridized carbons (Fsp3) is 0.348. The zero-order chi connectivity index (χ0) is 22.2. The van der Waals surface area contributed by atoms with Gasteiger partial charge < -0.3 is 24.1 Å². The number of nitrogens with zero attached hydrogens (tertiary/aromatic N) is 2. The molecule has 3 aromatic rings. The van der Waals surface area contributed by atoms with Crippen LogP contribution in [0.15, 0.2) is 42.5 Å². The molecule has 31 heavy (non-hydrogen) atoms. The normalized spacial score (nSPS) is 10.7. The topological polar surface area (TPSA) is 91.7 Å². The molecule has 1 amide bonds. The number of nitrogens with one attached hydrogen (secondary N) is 1. The average molecular weight is 425 g/mol. The Hall–Kier alpha value is -3.55. The van der Waals surface area contributed by atoms with Crippen LogP contribution in [0.1, 0.15) is 18.3 Å². The van der Waals surface area contributed by atoms with Crippen molar-refractivity contribution in [2.45, 2.75) is 26.3 Å². The number of amides is 1. The number of rotatable bonds is 10. The van der Waals surface area contributed by atoms with Crippen LogP contribution in [-0.2, 0) is 33.7 Å². The maximum atomic E-state index is 12.4. The number of carbonyl (C=O) groups is 2. The molecular weight excluding hydrogens is 398 g/mol. The van der Waals surface area contributed by atoms with E-state index in [0.29, 0.717) is 31.1 Å². The van der Waals surface area contributed by atoms with Gasteiger partial charge in [-0.25, -0.2) is 4.98 Å². The molecule has 2 aromatic carbocycles. The first-order chi connectivity index (χ1) is 15.0. The molecule has 0 bridgehead atoms. The minimum Gasteiger partial charge on any atom is -0.493 e. The molecule has 8 heteroatoms. The van der Waals surface area contributed by atoms with Crippen LogP contribution in [0.25, 0.3) is 11.0 Å². The van der Waals surface area contributed by atoms with E-state index in [1.165, 1.54) is 0 Å². The Morgan fingerprint density at radius 3 is 2.58 bits per heavy atom. The fourth-order valence-corrected chi connectivity index (χ4v) is 3.38. The SMILES string of the molecule is CCOC(=O)Cn1c(CCNC(=O)Cc2ccc(OC)c(OC)c2)nc2ccccc21. The highest BCUT2D eigenvalue weighted by atomic mass is 16.5. The zero-order valence-corrected chi connectivity index (χ0v) is 18.0. The molecule has 1 N–H and O–H groups in total. The van der Waals surface area contributed by atoms with Crippen molar-refractivity contribution in [3.63, 3.8) is 0 Å². The number of hydrogen-bond donors (Lipinski definition) is 1. The number of aromatic nitrogens is 2. The van der Waals surface area contributed by atoms with E-state index in [1.807, 2.05) is 34.9 Å². The van der Waals surface area contributed by atoms with Crippen molar-refractivity contribution < 1.29 is 23.8 Å². The number of methoxy groups -OCH3 is 2. The van der Waals surface area contributed by atoms with Crippen LogP contribution in [0.2, 0.25) is 0 Å². The number of ether oxygens (including phenoxy) is 3. The van der Waals surface area contributed by atoms with Crippen LogP contribution in [-0.4, -0.2) is 48.8 Å². The van der Waals surface area contributed by atoms with Gasteiger partial charge in [-0.2, -0.15) is 0 Å². The Kier molecular flexibility index (Phi) is 7.48.